The molecule has 1 rings (SSSR count). The zero-order chi connectivity index (χ0) is 15.5. The molecule has 112 valence electrons. The number of sulfonamides is 1. The summed E-state index contributed by atoms with van der Waals surface area (Å²) in [7, 11) is -4.04. The van der Waals surface area contributed by atoms with Crippen LogP contribution >= 0.6 is 15.9 Å². The van der Waals surface area contributed by atoms with Crippen LogP contribution < -0.4 is 10.5 Å². The van der Waals surface area contributed by atoms with Crippen LogP contribution in [-0.4, -0.2) is 20.9 Å². The van der Waals surface area contributed by atoms with Gasteiger partial charge in [0.15, 0.2) is 0 Å². The Morgan fingerprint density at radius 3 is 2.60 bits per heavy atom. The van der Waals surface area contributed by atoms with Crippen molar-refractivity contribution in [3.05, 3.63) is 28.0 Å². The first-order chi connectivity index (χ1) is 9.16. The Balaban J connectivity index is 3.10. The second-order valence-electron chi connectivity index (χ2n) is 4.53. The van der Waals surface area contributed by atoms with Crippen molar-refractivity contribution in [2.75, 3.05) is 6.54 Å². The number of halogens is 2. The first-order valence-corrected chi connectivity index (χ1v) is 8.30. The monoisotopic (exact) mass is 366 g/mol. The number of amides is 1. The SMILES string of the molecule is CCC(C)CNC(=O)c1cc(S(N)(=O)=O)c(Br)cc1F. The molecule has 0 aliphatic rings. The number of nitrogens with one attached hydrogen (secondary N) is 1. The molecule has 1 amide bonds. The van der Waals surface area contributed by atoms with Crippen LogP contribution in [0.1, 0.15) is 30.6 Å². The number of carbonyl (C=O) groups is 1. The molecule has 0 aliphatic carbocycles. The van der Waals surface area contributed by atoms with Gasteiger partial charge in [0, 0.05) is 11.0 Å². The first kappa shape index (κ1) is 17.1. The number of nitrogens with two attached hydrogens (primary N) is 1. The van der Waals surface area contributed by atoms with Crippen molar-refractivity contribution in [1.29, 1.82) is 0 Å². The summed E-state index contributed by atoms with van der Waals surface area (Å²) in [5, 5.41) is 7.57. The zero-order valence-electron chi connectivity index (χ0n) is 11.1. The third-order valence-corrected chi connectivity index (χ3v) is 4.75. The van der Waals surface area contributed by atoms with Crippen LogP contribution in [0.3, 0.4) is 0 Å². The van der Waals surface area contributed by atoms with E-state index >= 15 is 0 Å². The molecule has 0 saturated carbocycles. The number of carbonyl (C=O) groups excluding carboxylic acids is 1. The van der Waals surface area contributed by atoms with E-state index in [1.54, 1.807) is 0 Å². The van der Waals surface area contributed by atoms with E-state index in [0.717, 1.165) is 18.6 Å². The van der Waals surface area contributed by atoms with Crippen LogP contribution in [0.4, 0.5) is 4.39 Å². The van der Waals surface area contributed by atoms with Crippen molar-refractivity contribution in [2.45, 2.75) is 25.2 Å². The largest absolute Gasteiger partial charge is 0.352 e. The van der Waals surface area contributed by atoms with Gasteiger partial charge in [0.25, 0.3) is 5.91 Å². The quantitative estimate of drug-likeness (QED) is 0.834. The molecule has 0 aromatic heterocycles. The molecular formula is C12H16BrFN2O3S. The lowest BCUT2D eigenvalue weighted by atomic mass is 10.1. The summed E-state index contributed by atoms with van der Waals surface area (Å²) in [6, 6.07) is 1.85. The molecule has 0 saturated heterocycles. The van der Waals surface area contributed by atoms with E-state index in [4.69, 9.17) is 5.14 Å². The Hall–Kier alpha value is -0.990. The van der Waals surface area contributed by atoms with Gasteiger partial charge >= 0.3 is 0 Å². The van der Waals surface area contributed by atoms with Gasteiger partial charge < -0.3 is 5.32 Å². The van der Waals surface area contributed by atoms with Gasteiger partial charge in [-0.25, -0.2) is 17.9 Å². The van der Waals surface area contributed by atoms with E-state index in [1.807, 2.05) is 13.8 Å². The lowest BCUT2D eigenvalue weighted by Crippen LogP contribution is -2.29. The number of benzene rings is 1. The van der Waals surface area contributed by atoms with Gasteiger partial charge in [0.05, 0.1) is 10.5 Å². The van der Waals surface area contributed by atoms with E-state index < -0.39 is 21.7 Å². The maximum Gasteiger partial charge on any atom is 0.254 e. The van der Waals surface area contributed by atoms with Crippen molar-refractivity contribution in [2.24, 2.45) is 11.1 Å². The van der Waals surface area contributed by atoms with Gasteiger partial charge in [-0.05, 0) is 34.0 Å². The fraction of sp³-hybridized carbons (Fsp3) is 0.417. The minimum Gasteiger partial charge on any atom is -0.352 e. The van der Waals surface area contributed by atoms with Crippen LogP contribution in [0, 0.1) is 11.7 Å². The molecule has 1 atom stereocenters. The predicted molar refractivity (Wildman–Crippen MR) is 77.3 cm³/mol. The van der Waals surface area contributed by atoms with Gasteiger partial charge in [-0.2, -0.15) is 0 Å². The van der Waals surface area contributed by atoms with Crippen LogP contribution in [0.15, 0.2) is 21.5 Å². The van der Waals surface area contributed by atoms with Crippen LogP contribution in [0.2, 0.25) is 0 Å². The summed E-state index contributed by atoms with van der Waals surface area (Å²) >= 11 is 2.91. The van der Waals surface area contributed by atoms with Crippen molar-refractivity contribution in [3.8, 4) is 0 Å². The third kappa shape index (κ3) is 4.26. The second-order valence-corrected chi connectivity index (χ2v) is 6.92. The molecule has 1 aromatic rings. The minimum atomic E-state index is -4.04. The van der Waals surface area contributed by atoms with Gasteiger partial charge in [-0.1, -0.05) is 20.3 Å². The molecule has 1 aromatic carbocycles. The van der Waals surface area contributed by atoms with Crippen LogP contribution in [0.25, 0.3) is 0 Å². The lowest BCUT2D eigenvalue weighted by molar-refractivity contribution is 0.0943. The van der Waals surface area contributed by atoms with Crippen molar-refractivity contribution in [1.82, 2.24) is 5.32 Å². The number of rotatable bonds is 5. The van der Waals surface area contributed by atoms with Gasteiger partial charge in [0.2, 0.25) is 10.0 Å². The average molecular weight is 367 g/mol. The Bertz CT molecular complexity index is 619. The normalized spacial score (nSPS) is 13.1. The average Bonchev–Trinajstić information content (AvgIpc) is 2.33. The maximum atomic E-state index is 13.7. The van der Waals surface area contributed by atoms with Crippen LogP contribution in [-0.2, 0) is 10.0 Å². The Labute approximate surface area is 125 Å². The van der Waals surface area contributed by atoms with Gasteiger partial charge in [0.1, 0.15) is 5.82 Å². The lowest BCUT2D eigenvalue weighted by Gasteiger charge is -2.12. The number of hydrogen-bond donors (Lipinski definition) is 2. The van der Waals surface area contributed by atoms with E-state index in [9.17, 15) is 17.6 Å². The van der Waals surface area contributed by atoms with E-state index in [0.29, 0.717) is 6.54 Å². The summed E-state index contributed by atoms with van der Waals surface area (Å²) in [5.74, 6) is -1.23. The molecule has 0 fully saturated rings. The topological polar surface area (TPSA) is 89.3 Å². The molecule has 5 nitrogen and oxygen atoms in total. The highest BCUT2D eigenvalue weighted by Gasteiger charge is 2.20. The molecule has 0 bridgehead atoms. The summed E-state index contributed by atoms with van der Waals surface area (Å²) in [4.78, 5) is 11.5. The smallest absolute Gasteiger partial charge is 0.254 e. The standard InChI is InChI=1S/C12H16BrFN2O3S/c1-3-7(2)6-16-12(17)8-4-11(20(15,18)19)9(13)5-10(8)14/h4-5,7H,3,6H2,1-2H3,(H,16,17)(H2,15,18,19). The summed E-state index contributed by atoms with van der Waals surface area (Å²) in [6.07, 6.45) is 0.867. The van der Waals surface area contributed by atoms with Crippen molar-refractivity contribution >= 4 is 31.9 Å². The molecular weight excluding hydrogens is 351 g/mol. The highest BCUT2D eigenvalue weighted by atomic mass is 79.9. The Kier molecular flexibility index (Phi) is 5.67. The molecule has 0 spiro atoms. The fourth-order valence-corrected chi connectivity index (χ4v) is 3.03. The number of primary sulfonamides is 1. The minimum absolute atomic E-state index is 0.0176. The third-order valence-electron chi connectivity index (χ3n) is 2.88. The predicted octanol–water partition coefficient (Wildman–Crippen LogP) is 2.01. The first-order valence-electron chi connectivity index (χ1n) is 5.96. The molecule has 8 heteroatoms. The molecule has 0 aliphatic heterocycles. The van der Waals surface area contributed by atoms with E-state index in [-0.39, 0.29) is 20.8 Å². The van der Waals surface area contributed by atoms with Gasteiger partial charge in [-0.15, -0.1) is 0 Å². The fourth-order valence-electron chi connectivity index (χ4n) is 1.43. The Morgan fingerprint density at radius 1 is 1.50 bits per heavy atom. The number of hydrogen-bond acceptors (Lipinski definition) is 3. The maximum absolute atomic E-state index is 13.7. The Morgan fingerprint density at radius 2 is 2.10 bits per heavy atom. The summed E-state index contributed by atoms with van der Waals surface area (Å²) in [6.45, 7) is 4.29. The van der Waals surface area contributed by atoms with E-state index in [2.05, 4.69) is 21.2 Å². The van der Waals surface area contributed by atoms with Crippen LogP contribution in [0.5, 0.6) is 0 Å². The summed E-state index contributed by atoms with van der Waals surface area (Å²) < 4.78 is 36.4. The zero-order valence-corrected chi connectivity index (χ0v) is 13.5. The second kappa shape index (κ2) is 6.64. The molecule has 20 heavy (non-hydrogen) atoms. The van der Waals surface area contributed by atoms with E-state index in [1.165, 1.54) is 0 Å². The highest BCUT2D eigenvalue weighted by molar-refractivity contribution is 9.10. The highest BCUT2D eigenvalue weighted by Crippen LogP contribution is 2.24. The van der Waals surface area contributed by atoms with Crippen molar-refractivity contribution in [3.63, 3.8) is 0 Å². The molecule has 0 heterocycles. The molecule has 1 unspecified atom stereocenters. The summed E-state index contributed by atoms with van der Waals surface area (Å²) in [5.41, 5.74) is -0.347. The van der Waals surface area contributed by atoms with Gasteiger partial charge in [-0.3, -0.25) is 4.79 Å². The molecule has 3 N–H and O–H groups in total. The molecule has 0 radical (unpaired) electrons. The van der Waals surface area contributed by atoms with Crippen molar-refractivity contribution < 1.29 is 17.6 Å².